The summed E-state index contributed by atoms with van der Waals surface area (Å²) in [6, 6.07) is 12.9. The summed E-state index contributed by atoms with van der Waals surface area (Å²) in [6.07, 6.45) is 4.47. The van der Waals surface area contributed by atoms with Gasteiger partial charge >= 0.3 is 0 Å². The summed E-state index contributed by atoms with van der Waals surface area (Å²) in [5.41, 5.74) is 7.99. The van der Waals surface area contributed by atoms with E-state index in [1.807, 2.05) is 0 Å². The van der Waals surface area contributed by atoms with Gasteiger partial charge in [0.25, 0.3) is 0 Å². The Morgan fingerprint density at radius 2 is 0.833 bits per heavy atom. The van der Waals surface area contributed by atoms with E-state index in [4.69, 9.17) is 0 Å². The van der Waals surface area contributed by atoms with Crippen LogP contribution in [0.15, 0.2) is 36.4 Å². The Kier molecular flexibility index (Phi) is 3.66. The summed E-state index contributed by atoms with van der Waals surface area (Å²) < 4.78 is 0. The molecule has 18 heavy (non-hydrogen) atoms. The molecule has 0 nitrogen and oxygen atoms in total. The molecule has 0 heterocycles. The molecule has 0 bridgehead atoms. The van der Waals surface area contributed by atoms with Crippen molar-refractivity contribution in [3.8, 4) is 0 Å². The van der Waals surface area contributed by atoms with Crippen molar-refractivity contribution in [1.29, 1.82) is 0 Å². The van der Waals surface area contributed by atoms with Crippen LogP contribution in [0.25, 0.3) is 12.2 Å². The second kappa shape index (κ2) is 5.22. The van der Waals surface area contributed by atoms with Gasteiger partial charge in [0.2, 0.25) is 0 Å². The van der Waals surface area contributed by atoms with Gasteiger partial charge in [-0.15, -0.1) is 0 Å². The average Bonchev–Trinajstić information content (AvgIpc) is 2.31. The van der Waals surface area contributed by atoms with Crippen molar-refractivity contribution in [2.24, 2.45) is 0 Å². The van der Waals surface area contributed by atoms with Crippen molar-refractivity contribution in [2.75, 3.05) is 0 Å². The van der Waals surface area contributed by atoms with Gasteiger partial charge in [-0.2, -0.15) is 0 Å². The fraction of sp³-hybridized carbons (Fsp3) is 0.222. The third-order valence-corrected chi connectivity index (χ3v) is 3.50. The minimum absolute atomic E-state index is 1.33. The number of benzene rings is 2. The summed E-state index contributed by atoms with van der Waals surface area (Å²) in [4.78, 5) is 0. The number of hydrogen-bond donors (Lipinski definition) is 0. The molecule has 0 saturated carbocycles. The lowest BCUT2D eigenvalue weighted by molar-refractivity contribution is 1.35. The summed E-state index contributed by atoms with van der Waals surface area (Å²) in [6.45, 7) is 8.66. The Labute approximate surface area is 110 Å². The van der Waals surface area contributed by atoms with Crippen LogP contribution >= 0.6 is 0 Å². The average molecular weight is 236 g/mol. The maximum atomic E-state index is 2.24. The Bertz CT molecular complexity index is 495. The zero-order chi connectivity index (χ0) is 13.1. The molecule has 0 saturated heterocycles. The van der Waals surface area contributed by atoms with E-state index in [0.717, 1.165) is 0 Å². The standard InChI is InChI=1S/C18H20/c1-13-7-5-8-14(2)17(13)11-12-18-15(3)9-6-10-16(18)4/h5-12H,1-4H3. The topological polar surface area (TPSA) is 0 Å². The van der Waals surface area contributed by atoms with E-state index in [2.05, 4.69) is 76.2 Å². The largest absolute Gasteiger partial charge is 0.0617 e. The molecule has 92 valence electrons. The highest BCUT2D eigenvalue weighted by Crippen LogP contribution is 2.20. The van der Waals surface area contributed by atoms with E-state index < -0.39 is 0 Å². The van der Waals surface area contributed by atoms with Crippen LogP contribution in [-0.4, -0.2) is 0 Å². The quantitative estimate of drug-likeness (QED) is 0.637. The third kappa shape index (κ3) is 2.53. The molecule has 0 atom stereocenters. The van der Waals surface area contributed by atoms with Crippen molar-refractivity contribution in [3.05, 3.63) is 69.8 Å². The van der Waals surface area contributed by atoms with Gasteiger partial charge in [-0.1, -0.05) is 48.6 Å². The van der Waals surface area contributed by atoms with Crippen LogP contribution in [0, 0.1) is 27.7 Å². The molecule has 0 amide bonds. The molecular formula is C18H20. The summed E-state index contributed by atoms with van der Waals surface area (Å²) in [5, 5.41) is 0. The lowest BCUT2D eigenvalue weighted by Crippen LogP contribution is -1.87. The molecule has 2 aromatic carbocycles. The van der Waals surface area contributed by atoms with Crippen molar-refractivity contribution in [2.45, 2.75) is 27.7 Å². The lowest BCUT2D eigenvalue weighted by atomic mass is 9.98. The SMILES string of the molecule is Cc1cccc(C)c1C=Cc1c(C)cccc1C. The molecule has 0 aliphatic rings. The van der Waals surface area contributed by atoms with Crippen LogP contribution in [0.4, 0.5) is 0 Å². The second-order valence-corrected chi connectivity index (χ2v) is 4.94. The monoisotopic (exact) mass is 236 g/mol. The first kappa shape index (κ1) is 12.6. The molecule has 0 aliphatic heterocycles. The molecule has 0 unspecified atom stereocenters. The fourth-order valence-electron chi connectivity index (χ4n) is 2.35. The Morgan fingerprint density at radius 1 is 0.556 bits per heavy atom. The van der Waals surface area contributed by atoms with Gasteiger partial charge in [0.15, 0.2) is 0 Å². The number of rotatable bonds is 2. The molecule has 0 heteroatoms. The summed E-state index contributed by atoms with van der Waals surface area (Å²) in [5.74, 6) is 0. The maximum absolute atomic E-state index is 2.24. The van der Waals surface area contributed by atoms with Gasteiger partial charge in [-0.25, -0.2) is 0 Å². The van der Waals surface area contributed by atoms with Gasteiger partial charge in [-0.3, -0.25) is 0 Å². The van der Waals surface area contributed by atoms with Gasteiger partial charge in [0.05, 0.1) is 0 Å². The van der Waals surface area contributed by atoms with Crippen LogP contribution < -0.4 is 0 Å². The maximum Gasteiger partial charge on any atom is -0.0198 e. The Hall–Kier alpha value is -1.82. The van der Waals surface area contributed by atoms with Crippen LogP contribution in [0.2, 0.25) is 0 Å². The molecule has 0 radical (unpaired) electrons. The molecule has 0 aliphatic carbocycles. The highest BCUT2D eigenvalue weighted by atomic mass is 14.1. The molecule has 2 aromatic rings. The highest BCUT2D eigenvalue weighted by molar-refractivity contribution is 5.75. The van der Waals surface area contributed by atoms with E-state index in [1.165, 1.54) is 33.4 Å². The lowest BCUT2D eigenvalue weighted by Gasteiger charge is -2.07. The highest BCUT2D eigenvalue weighted by Gasteiger charge is 2.00. The minimum Gasteiger partial charge on any atom is -0.0617 e. The Balaban J connectivity index is 2.43. The molecule has 0 aromatic heterocycles. The molecule has 0 fully saturated rings. The minimum atomic E-state index is 1.33. The van der Waals surface area contributed by atoms with Crippen molar-refractivity contribution in [3.63, 3.8) is 0 Å². The zero-order valence-corrected chi connectivity index (χ0v) is 11.6. The molecule has 2 rings (SSSR count). The van der Waals surface area contributed by atoms with Gasteiger partial charge < -0.3 is 0 Å². The third-order valence-electron chi connectivity index (χ3n) is 3.50. The first-order valence-electron chi connectivity index (χ1n) is 6.40. The number of aryl methyl sites for hydroxylation is 4. The molecule has 0 spiro atoms. The zero-order valence-electron chi connectivity index (χ0n) is 11.6. The van der Waals surface area contributed by atoms with Gasteiger partial charge in [0, 0.05) is 0 Å². The first-order valence-corrected chi connectivity index (χ1v) is 6.40. The second-order valence-electron chi connectivity index (χ2n) is 4.94. The van der Waals surface area contributed by atoms with Crippen molar-refractivity contribution in [1.82, 2.24) is 0 Å². The van der Waals surface area contributed by atoms with Crippen LogP contribution in [0.3, 0.4) is 0 Å². The summed E-state index contributed by atoms with van der Waals surface area (Å²) >= 11 is 0. The molecule has 0 N–H and O–H groups in total. The van der Waals surface area contributed by atoms with E-state index in [0.29, 0.717) is 0 Å². The normalized spacial score (nSPS) is 11.1. The number of hydrogen-bond acceptors (Lipinski definition) is 0. The first-order chi connectivity index (χ1) is 8.59. The fourth-order valence-corrected chi connectivity index (χ4v) is 2.35. The van der Waals surface area contributed by atoms with Crippen molar-refractivity contribution < 1.29 is 0 Å². The van der Waals surface area contributed by atoms with Gasteiger partial charge in [-0.05, 0) is 61.1 Å². The summed E-state index contributed by atoms with van der Waals surface area (Å²) in [7, 11) is 0. The molecular weight excluding hydrogens is 216 g/mol. The predicted octanol–water partition coefficient (Wildman–Crippen LogP) is 5.09. The van der Waals surface area contributed by atoms with Gasteiger partial charge in [0.1, 0.15) is 0 Å². The van der Waals surface area contributed by atoms with E-state index in [-0.39, 0.29) is 0 Å². The van der Waals surface area contributed by atoms with Crippen LogP contribution in [-0.2, 0) is 0 Å². The van der Waals surface area contributed by atoms with Crippen LogP contribution in [0.1, 0.15) is 33.4 Å². The van der Waals surface area contributed by atoms with E-state index >= 15 is 0 Å². The van der Waals surface area contributed by atoms with E-state index in [9.17, 15) is 0 Å². The Morgan fingerprint density at radius 3 is 1.11 bits per heavy atom. The predicted molar refractivity (Wildman–Crippen MR) is 80.8 cm³/mol. The van der Waals surface area contributed by atoms with Crippen LogP contribution in [0.5, 0.6) is 0 Å². The van der Waals surface area contributed by atoms with E-state index in [1.54, 1.807) is 0 Å². The smallest absolute Gasteiger partial charge is 0.0198 e. The van der Waals surface area contributed by atoms with Crippen molar-refractivity contribution >= 4 is 12.2 Å².